The van der Waals surface area contributed by atoms with Gasteiger partial charge in [-0.05, 0) is 76.6 Å². The first-order valence-electron chi connectivity index (χ1n) is 13.5. The van der Waals surface area contributed by atoms with Gasteiger partial charge in [-0.3, -0.25) is 19.3 Å². The Balaban J connectivity index is 1.24. The van der Waals surface area contributed by atoms with E-state index in [1.54, 1.807) is 41.3 Å². The number of hydrogen-bond acceptors (Lipinski definition) is 7. The van der Waals surface area contributed by atoms with E-state index in [9.17, 15) is 18.8 Å². The highest BCUT2D eigenvalue weighted by molar-refractivity contribution is 9.10. The number of carbonyl (C=O) groups is 3. The zero-order chi connectivity index (χ0) is 29.6. The summed E-state index contributed by atoms with van der Waals surface area (Å²) in [5.74, 6) is -0.354. The molecule has 3 amide bonds. The standard InChI is InChI=1S/C31H29BrFN3O5S/c1-2-40-26-17-21(16-24(32)29(26)41-20-22-8-6-7-11-25(22)33)18-27-30(38)36(31(39)42-27)19-28(37)35-14-12-34(13-15-35)23-9-4-3-5-10-23/h3-11,16-18H,2,12-15,19-20H2,1H3/b27-18-. The summed E-state index contributed by atoms with van der Waals surface area (Å²) in [6.45, 7) is 4.25. The molecule has 3 aromatic carbocycles. The number of hydrogen-bond donors (Lipinski definition) is 0. The van der Waals surface area contributed by atoms with Crippen molar-refractivity contribution in [1.29, 1.82) is 0 Å². The maximum absolute atomic E-state index is 14.1. The number of amides is 3. The molecule has 8 nitrogen and oxygen atoms in total. The largest absolute Gasteiger partial charge is 0.490 e. The number of anilines is 1. The van der Waals surface area contributed by atoms with E-state index in [1.165, 1.54) is 6.07 Å². The van der Waals surface area contributed by atoms with Crippen LogP contribution in [-0.2, 0) is 16.2 Å². The average Bonchev–Trinajstić information content (AvgIpc) is 3.25. The van der Waals surface area contributed by atoms with Crippen LogP contribution in [0.1, 0.15) is 18.1 Å². The molecule has 0 saturated carbocycles. The highest BCUT2D eigenvalue weighted by atomic mass is 79.9. The van der Waals surface area contributed by atoms with Gasteiger partial charge in [0.2, 0.25) is 5.91 Å². The molecular formula is C31H29BrFN3O5S. The summed E-state index contributed by atoms with van der Waals surface area (Å²) in [6, 6.07) is 19.8. The summed E-state index contributed by atoms with van der Waals surface area (Å²) in [7, 11) is 0. The molecule has 0 spiro atoms. The Kier molecular flexibility index (Phi) is 9.48. The zero-order valence-corrected chi connectivity index (χ0v) is 25.3. The van der Waals surface area contributed by atoms with Gasteiger partial charge in [0.25, 0.3) is 11.1 Å². The second-order valence-corrected chi connectivity index (χ2v) is 11.5. The normalized spacial score (nSPS) is 16.4. The maximum Gasteiger partial charge on any atom is 0.294 e. The monoisotopic (exact) mass is 653 g/mol. The lowest BCUT2D eigenvalue weighted by Gasteiger charge is -2.36. The molecule has 0 atom stereocenters. The Morgan fingerprint density at radius 2 is 1.71 bits per heavy atom. The van der Waals surface area contributed by atoms with E-state index in [2.05, 4.69) is 20.8 Å². The SMILES string of the molecule is CCOc1cc(/C=C2\SC(=O)N(CC(=O)N3CCN(c4ccccc4)CC3)C2=O)cc(Br)c1OCc1ccccc1F. The number of piperazine rings is 1. The Labute approximate surface area is 256 Å². The number of thioether (sulfide) groups is 1. The molecular weight excluding hydrogens is 625 g/mol. The molecule has 0 N–H and O–H groups in total. The van der Waals surface area contributed by atoms with Gasteiger partial charge < -0.3 is 19.3 Å². The number of ether oxygens (including phenoxy) is 2. The van der Waals surface area contributed by atoms with E-state index in [0.29, 0.717) is 59.9 Å². The lowest BCUT2D eigenvalue weighted by atomic mass is 10.1. The lowest BCUT2D eigenvalue weighted by molar-refractivity contribution is -0.136. The fraction of sp³-hybridized carbons (Fsp3) is 0.258. The topological polar surface area (TPSA) is 79.4 Å². The van der Waals surface area contributed by atoms with Gasteiger partial charge in [-0.1, -0.05) is 36.4 Å². The van der Waals surface area contributed by atoms with Crippen molar-refractivity contribution in [3.8, 4) is 11.5 Å². The van der Waals surface area contributed by atoms with Gasteiger partial charge in [0.15, 0.2) is 11.5 Å². The molecule has 0 radical (unpaired) electrons. The van der Waals surface area contributed by atoms with Crippen LogP contribution in [0.4, 0.5) is 14.9 Å². The van der Waals surface area contributed by atoms with Crippen molar-refractivity contribution in [3.63, 3.8) is 0 Å². The molecule has 3 aromatic rings. The number of benzene rings is 3. The molecule has 42 heavy (non-hydrogen) atoms. The molecule has 2 aliphatic heterocycles. The summed E-state index contributed by atoms with van der Waals surface area (Å²) in [4.78, 5) is 44.0. The summed E-state index contributed by atoms with van der Waals surface area (Å²) in [6.07, 6.45) is 1.59. The fourth-order valence-corrected chi connectivity index (χ4v) is 6.13. The van der Waals surface area contributed by atoms with Crippen LogP contribution in [-0.4, -0.2) is 66.2 Å². The van der Waals surface area contributed by atoms with Crippen molar-refractivity contribution in [1.82, 2.24) is 9.80 Å². The molecule has 0 unspecified atom stereocenters. The second kappa shape index (κ2) is 13.4. The summed E-state index contributed by atoms with van der Waals surface area (Å²) >= 11 is 4.29. The van der Waals surface area contributed by atoms with Crippen molar-refractivity contribution in [2.24, 2.45) is 0 Å². The van der Waals surface area contributed by atoms with E-state index < -0.39 is 11.1 Å². The van der Waals surface area contributed by atoms with Gasteiger partial charge >= 0.3 is 0 Å². The predicted octanol–water partition coefficient (Wildman–Crippen LogP) is 5.95. The minimum atomic E-state index is -0.518. The Morgan fingerprint density at radius 3 is 2.43 bits per heavy atom. The molecule has 0 aliphatic carbocycles. The van der Waals surface area contributed by atoms with Crippen LogP contribution in [0.25, 0.3) is 6.08 Å². The number of imide groups is 1. The molecule has 2 aliphatic rings. The van der Waals surface area contributed by atoms with Gasteiger partial charge in [-0.2, -0.15) is 0 Å². The number of para-hydroxylation sites is 1. The van der Waals surface area contributed by atoms with E-state index >= 15 is 0 Å². The third-order valence-electron chi connectivity index (χ3n) is 6.88. The van der Waals surface area contributed by atoms with Crippen molar-refractivity contribution < 1.29 is 28.2 Å². The van der Waals surface area contributed by atoms with E-state index in [4.69, 9.17) is 9.47 Å². The van der Waals surface area contributed by atoms with Crippen LogP contribution in [0.15, 0.2) is 76.1 Å². The molecule has 11 heteroatoms. The minimum absolute atomic E-state index is 0.00108. The molecule has 218 valence electrons. The van der Waals surface area contributed by atoms with Crippen LogP contribution in [0.5, 0.6) is 11.5 Å². The highest BCUT2D eigenvalue weighted by Crippen LogP contribution is 2.40. The molecule has 5 rings (SSSR count). The van der Waals surface area contributed by atoms with Crippen molar-refractivity contribution in [2.45, 2.75) is 13.5 Å². The maximum atomic E-state index is 14.1. The Bertz CT molecular complexity index is 1510. The third kappa shape index (κ3) is 6.79. The molecule has 0 bridgehead atoms. The zero-order valence-electron chi connectivity index (χ0n) is 22.9. The lowest BCUT2D eigenvalue weighted by Crippen LogP contribution is -2.51. The average molecular weight is 655 g/mol. The van der Waals surface area contributed by atoms with Crippen LogP contribution < -0.4 is 14.4 Å². The molecule has 2 fully saturated rings. The van der Waals surface area contributed by atoms with E-state index in [0.717, 1.165) is 22.3 Å². The van der Waals surface area contributed by atoms with E-state index in [1.807, 2.05) is 37.3 Å². The van der Waals surface area contributed by atoms with Gasteiger partial charge in [0.05, 0.1) is 16.0 Å². The van der Waals surface area contributed by atoms with Crippen LogP contribution >= 0.6 is 27.7 Å². The Morgan fingerprint density at radius 1 is 1.00 bits per heavy atom. The first-order chi connectivity index (χ1) is 20.3. The Hall–Kier alpha value is -3.83. The molecule has 0 aromatic heterocycles. The minimum Gasteiger partial charge on any atom is -0.490 e. The molecule has 2 saturated heterocycles. The predicted molar refractivity (Wildman–Crippen MR) is 164 cm³/mol. The first kappa shape index (κ1) is 29.7. The first-order valence-corrected chi connectivity index (χ1v) is 15.1. The van der Waals surface area contributed by atoms with Gasteiger partial charge in [0, 0.05) is 37.4 Å². The smallest absolute Gasteiger partial charge is 0.294 e. The highest BCUT2D eigenvalue weighted by Gasteiger charge is 2.37. The number of nitrogens with zero attached hydrogens (tertiary/aromatic N) is 3. The summed E-state index contributed by atoms with van der Waals surface area (Å²) in [5.41, 5.74) is 2.10. The molecule has 2 heterocycles. The van der Waals surface area contributed by atoms with Crippen LogP contribution in [0, 0.1) is 5.82 Å². The van der Waals surface area contributed by atoms with Crippen LogP contribution in [0.2, 0.25) is 0 Å². The van der Waals surface area contributed by atoms with Crippen molar-refractivity contribution in [2.75, 3.05) is 44.2 Å². The number of rotatable bonds is 9. The third-order valence-corrected chi connectivity index (χ3v) is 8.38. The van der Waals surface area contributed by atoms with Crippen molar-refractivity contribution >= 4 is 56.5 Å². The fourth-order valence-electron chi connectivity index (χ4n) is 4.72. The van der Waals surface area contributed by atoms with Gasteiger partial charge in [-0.25, -0.2) is 4.39 Å². The van der Waals surface area contributed by atoms with Gasteiger partial charge in [-0.15, -0.1) is 0 Å². The van der Waals surface area contributed by atoms with Crippen LogP contribution in [0.3, 0.4) is 0 Å². The van der Waals surface area contributed by atoms with Crippen molar-refractivity contribution in [3.05, 3.63) is 93.1 Å². The van der Waals surface area contributed by atoms with Gasteiger partial charge in [0.1, 0.15) is 19.0 Å². The second-order valence-electron chi connectivity index (χ2n) is 9.61. The summed E-state index contributed by atoms with van der Waals surface area (Å²) < 4.78 is 26.3. The van der Waals surface area contributed by atoms with E-state index in [-0.39, 0.29) is 29.8 Å². The summed E-state index contributed by atoms with van der Waals surface area (Å²) in [5, 5.41) is -0.489. The quantitative estimate of drug-likeness (QED) is 0.264. The number of carbonyl (C=O) groups excluding carboxylic acids is 3. The number of halogens is 2.